The van der Waals surface area contributed by atoms with Crippen LogP contribution in [0.2, 0.25) is 0 Å². The number of nitrogens with one attached hydrogen (secondary N) is 2. The molecule has 1 amide bonds. The zero-order valence-electron chi connectivity index (χ0n) is 12.0. The van der Waals surface area contributed by atoms with Gasteiger partial charge in [0.25, 0.3) is 0 Å². The molecule has 0 aromatic rings. The highest BCUT2D eigenvalue weighted by Gasteiger charge is 2.11. The second-order valence-corrected chi connectivity index (χ2v) is 5.26. The van der Waals surface area contributed by atoms with Crippen molar-refractivity contribution < 1.29 is 4.79 Å². The average Bonchev–Trinajstić information content (AvgIpc) is 2.43. The summed E-state index contributed by atoms with van der Waals surface area (Å²) < 4.78 is 0. The fourth-order valence-corrected chi connectivity index (χ4v) is 2.30. The number of carbonyl (C=O) groups excluding carboxylic acids is 1. The van der Waals surface area contributed by atoms with Gasteiger partial charge in [0.2, 0.25) is 5.91 Å². The second kappa shape index (κ2) is 10.7. The second-order valence-electron chi connectivity index (χ2n) is 5.26. The Labute approximate surface area is 117 Å². The number of unbranched alkanes of at least 4 members (excludes halogenated alkanes) is 6. The van der Waals surface area contributed by atoms with E-state index in [1.165, 1.54) is 32.1 Å². The Morgan fingerprint density at radius 1 is 1.26 bits per heavy atom. The summed E-state index contributed by atoms with van der Waals surface area (Å²) in [6.07, 6.45) is 16.0. The SMILES string of the molecule is C=CCCCCCCCCC(=O)N[C@H]1CC=CNC1. The quantitative estimate of drug-likeness (QED) is 0.469. The number of hydrogen-bond donors (Lipinski definition) is 2. The molecule has 3 heteroatoms. The van der Waals surface area contributed by atoms with E-state index in [0.717, 1.165) is 25.8 Å². The highest BCUT2D eigenvalue weighted by Crippen LogP contribution is 2.09. The molecule has 1 atom stereocenters. The van der Waals surface area contributed by atoms with E-state index in [1.807, 2.05) is 12.3 Å². The van der Waals surface area contributed by atoms with Gasteiger partial charge in [-0.05, 0) is 31.9 Å². The standard InChI is InChI=1S/C16H28N2O/c1-2-3-4-5-6-7-8-9-12-16(19)18-15-11-10-13-17-14-15/h2,10,13,15,17H,1,3-9,11-12,14H2,(H,18,19)/t15-/m0/s1. The summed E-state index contributed by atoms with van der Waals surface area (Å²) in [6, 6.07) is 0.274. The van der Waals surface area contributed by atoms with Gasteiger partial charge in [-0.3, -0.25) is 4.79 Å². The van der Waals surface area contributed by atoms with E-state index in [9.17, 15) is 4.79 Å². The van der Waals surface area contributed by atoms with Crippen LogP contribution in [0, 0.1) is 0 Å². The van der Waals surface area contributed by atoms with Gasteiger partial charge in [-0.15, -0.1) is 6.58 Å². The van der Waals surface area contributed by atoms with Crippen molar-refractivity contribution in [3.05, 3.63) is 24.9 Å². The lowest BCUT2D eigenvalue weighted by molar-refractivity contribution is -0.121. The van der Waals surface area contributed by atoms with Crippen LogP contribution >= 0.6 is 0 Å². The third-order valence-corrected chi connectivity index (χ3v) is 3.45. The Hall–Kier alpha value is -1.25. The molecule has 0 fully saturated rings. The molecule has 0 unspecified atom stereocenters. The van der Waals surface area contributed by atoms with Crippen molar-refractivity contribution in [2.75, 3.05) is 6.54 Å². The summed E-state index contributed by atoms with van der Waals surface area (Å²) in [5.41, 5.74) is 0. The Kier molecular flexibility index (Phi) is 8.86. The molecular formula is C16H28N2O. The van der Waals surface area contributed by atoms with E-state index in [4.69, 9.17) is 0 Å². The molecule has 19 heavy (non-hydrogen) atoms. The van der Waals surface area contributed by atoms with Crippen LogP contribution in [0.3, 0.4) is 0 Å². The monoisotopic (exact) mass is 264 g/mol. The van der Waals surface area contributed by atoms with Crippen LogP contribution < -0.4 is 10.6 Å². The molecule has 2 N–H and O–H groups in total. The highest BCUT2D eigenvalue weighted by atomic mass is 16.1. The summed E-state index contributed by atoms with van der Waals surface area (Å²) in [6.45, 7) is 4.57. The first-order valence-electron chi connectivity index (χ1n) is 7.61. The van der Waals surface area contributed by atoms with Gasteiger partial charge in [0.05, 0.1) is 0 Å². The molecule has 3 nitrogen and oxygen atoms in total. The minimum Gasteiger partial charge on any atom is -0.389 e. The van der Waals surface area contributed by atoms with Crippen molar-refractivity contribution in [2.24, 2.45) is 0 Å². The average molecular weight is 264 g/mol. The van der Waals surface area contributed by atoms with Crippen LogP contribution in [-0.4, -0.2) is 18.5 Å². The normalized spacial score (nSPS) is 17.8. The van der Waals surface area contributed by atoms with Gasteiger partial charge >= 0.3 is 0 Å². The van der Waals surface area contributed by atoms with Crippen LogP contribution in [0.4, 0.5) is 0 Å². The maximum absolute atomic E-state index is 11.7. The number of hydrogen-bond acceptors (Lipinski definition) is 2. The van der Waals surface area contributed by atoms with Crippen LogP contribution in [0.5, 0.6) is 0 Å². The maximum Gasteiger partial charge on any atom is 0.220 e. The first kappa shape index (κ1) is 15.8. The predicted molar refractivity (Wildman–Crippen MR) is 80.8 cm³/mol. The molecule has 0 saturated heterocycles. The zero-order valence-corrected chi connectivity index (χ0v) is 12.0. The van der Waals surface area contributed by atoms with Gasteiger partial charge < -0.3 is 10.6 Å². The first-order chi connectivity index (χ1) is 9.33. The van der Waals surface area contributed by atoms with Crippen LogP contribution in [0.15, 0.2) is 24.9 Å². The number of rotatable bonds is 10. The molecule has 0 spiro atoms. The van der Waals surface area contributed by atoms with Gasteiger partial charge in [0.1, 0.15) is 0 Å². The van der Waals surface area contributed by atoms with E-state index in [-0.39, 0.29) is 11.9 Å². The molecule has 0 aromatic heterocycles. The molecule has 1 aliphatic rings. The van der Waals surface area contributed by atoms with Crippen LogP contribution in [0.25, 0.3) is 0 Å². The predicted octanol–water partition coefficient (Wildman–Crippen LogP) is 3.29. The zero-order chi connectivity index (χ0) is 13.8. The molecule has 0 saturated carbocycles. The summed E-state index contributed by atoms with van der Waals surface area (Å²) in [5, 5.41) is 6.21. The maximum atomic E-state index is 11.7. The van der Waals surface area contributed by atoms with Crippen molar-refractivity contribution in [3.63, 3.8) is 0 Å². The van der Waals surface area contributed by atoms with Crippen molar-refractivity contribution in [2.45, 2.75) is 63.8 Å². The van der Waals surface area contributed by atoms with Gasteiger partial charge in [-0.2, -0.15) is 0 Å². The van der Waals surface area contributed by atoms with Crippen LogP contribution in [0.1, 0.15) is 57.8 Å². The van der Waals surface area contributed by atoms with Crippen molar-refractivity contribution >= 4 is 5.91 Å². The largest absolute Gasteiger partial charge is 0.389 e. The van der Waals surface area contributed by atoms with E-state index in [1.54, 1.807) is 0 Å². The molecule has 1 heterocycles. The fraction of sp³-hybridized carbons (Fsp3) is 0.688. The Balaban J connectivity index is 1.89. The Bertz CT molecular complexity index is 286. The van der Waals surface area contributed by atoms with Gasteiger partial charge in [0.15, 0.2) is 0 Å². The summed E-state index contributed by atoms with van der Waals surface area (Å²) >= 11 is 0. The summed E-state index contributed by atoms with van der Waals surface area (Å²) in [4.78, 5) is 11.7. The van der Waals surface area contributed by atoms with Crippen molar-refractivity contribution in [1.82, 2.24) is 10.6 Å². The minimum absolute atomic E-state index is 0.203. The lowest BCUT2D eigenvalue weighted by Crippen LogP contribution is -2.42. The molecule has 108 valence electrons. The van der Waals surface area contributed by atoms with Crippen molar-refractivity contribution in [3.8, 4) is 0 Å². The number of carbonyl (C=O) groups is 1. The minimum atomic E-state index is 0.203. The van der Waals surface area contributed by atoms with E-state index in [2.05, 4.69) is 23.3 Å². The van der Waals surface area contributed by atoms with Gasteiger partial charge in [-0.25, -0.2) is 0 Å². The Morgan fingerprint density at radius 3 is 2.68 bits per heavy atom. The third-order valence-electron chi connectivity index (χ3n) is 3.45. The molecule has 0 aliphatic carbocycles. The van der Waals surface area contributed by atoms with E-state index in [0.29, 0.717) is 6.42 Å². The molecule has 0 radical (unpaired) electrons. The molecule has 0 aromatic carbocycles. The van der Waals surface area contributed by atoms with Crippen molar-refractivity contribution in [1.29, 1.82) is 0 Å². The van der Waals surface area contributed by atoms with E-state index < -0.39 is 0 Å². The first-order valence-corrected chi connectivity index (χ1v) is 7.61. The Morgan fingerprint density at radius 2 is 2.00 bits per heavy atom. The lowest BCUT2D eigenvalue weighted by atomic mass is 10.1. The van der Waals surface area contributed by atoms with Gasteiger partial charge in [0, 0.05) is 19.0 Å². The molecular weight excluding hydrogens is 236 g/mol. The number of allylic oxidation sites excluding steroid dienone is 1. The highest BCUT2D eigenvalue weighted by molar-refractivity contribution is 5.76. The van der Waals surface area contributed by atoms with E-state index >= 15 is 0 Å². The summed E-state index contributed by atoms with van der Waals surface area (Å²) in [7, 11) is 0. The molecule has 0 bridgehead atoms. The smallest absolute Gasteiger partial charge is 0.220 e. The number of amides is 1. The summed E-state index contributed by atoms with van der Waals surface area (Å²) in [5.74, 6) is 0.203. The molecule has 1 aliphatic heterocycles. The lowest BCUT2D eigenvalue weighted by Gasteiger charge is -2.20. The third kappa shape index (κ3) is 8.46. The van der Waals surface area contributed by atoms with Gasteiger partial charge in [-0.1, -0.05) is 37.8 Å². The fourth-order valence-electron chi connectivity index (χ4n) is 2.30. The molecule has 1 rings (SSSR count). The van der Waals surface area contributed by atoms with Crippen LogP contribution in [-0.2, 0) is 4.79 Å². The topological polar surface area (TPSA) is 41.1 Å².